The summed E-state index contributed by atoms with van der Waals surface area (Å²) in [5.41, 5.74) is 2.53. The van der Waals surface area contributed by atoms with E-state index in [9.17, 15) is 4.79 Å². The smallest absolute Gasteiger partial charge is 0.253 e. The molecule has 3 aromatic carbocycles. The molecule has 0 heterocycles. The van der Waals surface area contributed by atoms with E-state index in [0.717, 1.165) is 36.3 Å². The van der Waals surface area contributed by atoms with Crippen molar-refractivity contribution < 1.29 is 14.3 Å². The Morgan fingerprint density at radius 1 is 0.939 bits per heavy atom. The second-order valence-electron chi connectivity index (χ2n) is 8.82. The maximum Gasteiger partial charge on any atom is 0.253 e. The molecule has 1 amide bonds. The summed E-state index contributed by atoms with van der Waals surface area (Å²) >= 11 is 0. The molecule has 0 spiro atoms. The van der Waals surface area contributed by atoms with Gasteiger partial charge in [-0.2, -0.15) is 0 Å². The summed E-state index contributed by atoms with van der Waals surface area (Å²) < 4.78 is 12.6. The lowest BCUT2D eigenvalue weighted by Crippen LogP contribution is -2.46. The maximum absolute atomic E-state index is 13.0. The van der Waals surface area contributed by atoms with Crippen molar-refractivity contribution >= 4 is 5.91 Å². The molecule has 172 valence electrons. The molecule has 1 atom stereocenters. The van der Waals surface area contributed by atoms with Crippen molar-refractivity contribution in [3.05, 3.63) is 102 Å². The Morgan fingerprint density at radius 2 is 1.58 bits per heavy atom. The van der Waals surface area contributed by atoms with Gasteiger partial charge in [-0.15, -0.1) is 0 Å². The quantitative estimate of drug-likeness (QED) is 0.438. The Morgan fingerprint density at radius 3 is 2.24 bits per heavy atom. The number of carbonyl (C=O) groups is 1. The number of nitrogens with one attached hydrogen (secondary N) is 1. The molecular formula is C28H32N2O3. The lowest BCUT2D eigenvalue weighted by atomic mass is 9.92. The minimum Gasteiger partial charge on any atom is -0.489 e. The molecule has 1 saturated carbocycles. The van der Waals surface area contributed by atoms with Crippen molar-refractivity contribution in [2.45, 2.75) is 31.1 Å². The predicted molar refractivity (Wildman–Crippen MR) is 130 cm³/mol. The molecule has 5 heteroatoms. The summed E-state index contributed by atoms with van der Waals surface area (Å²) in [5.74, 6) is 0.716. The molecule has 33 heavy (non-hydrogen) atoms. The Bertz CT molecular complexity index is 1030. The van der Waals surface area contributed by atoms with Gasteiger partial charge in [-0.25, -0.2) is 0 Å². The lowest BCUT2D eigenvalue weighted by molar-refractivity contribution is -0.00144. The zero-order valence-corrected chi connectivity index (χ0v) is 19.4. The standard InChI is InChI=1S/C28H32N2O3/c1-30(2)19-20-32-27(29-26(31)23-13-7-4-8-14-23)28(17-18-28)24-15-9-10-16-25(24)33-21-22-11-5-3-6-12-22/h3-16,27H,17-21H2,1-2H3,(H,29,31). The molecule has 1 fully saturated rings. The van der Waals surface area contributed by atoms with Crippen LogP contribution in [0.1, 0.15) is 34.3 Å². The van der Waals surface area contributed by atoms with E-state index in [1.165, 1.54) is 0 Å². The average molecular weight is 445 g/mol. The van der Waals surface area contributed by atoms with Gasteiger partial charge in [0.1, 0.15) is 18.6 Å². The van der Waals surface area contributed by atoms with Gasteiger partial charge in [0, 0.05) is 23.1 Å². The molecule has 0 saturated heterocycles. The second-order valence-corrected chi connectivity index (χ2v) is 8.82. The third kappa shape index (κ3) is 5.81. The Balaban J connectivity index is 1.56. The molecule has 5 nitrogen and oxygen atoms in total. The summed E-state index contributed by atoms with van der Waals surface area (Å²) in [6, 6.07) is 27.6. The number of ether oxygens (including phenoxy) is 2. The largest absolute Gasteiger partial charge is 0.489 e. The van der Waals surface area contributed by atoms with Gasteiger partial charge in [0.25, 0.3) is 5.91 Å². The number of rotatable bonds is 11. The van der Waals surface area contributed by atoms with Crippen molar-refractivity contribution in [3.63, 3.8) is 0 Å². The van der Waals surface area contributed by atoms with Crippen LogP contribution in [-0.4, -0.2) is 44.3 Å². The van der Waals surface area contributed by atoms with E-state index in [1.807, 2.05) is 80.8 Å². The minimum absolute atomic E-state index is 0.126. The summed E-state index contributed by atoms with van der Waals surface area (Å²) in [7, 11) is 4.03. The van der Waals surface area contributed by atoms with Gasteiger partial charge in [-0.3, -0.25) is 4.79 Å². The molecule has 3 aromatic rings. The van der Waals surface area contributed by atoms with Crippen LogP contribution in [0.3, 0.4) is 0 Å². The maximum atomic E-state index is 13.0. The lowest BCUT2D eigenvalue weighted by Gasteiger charge is -2.30. The molecule has 0 bridgehead atoms. The molecule has 0 aliphatic heterocycles. The van der Waals surface area contributed by atoms with Gasteiger partial charge in [-0.1, -0.05) is 66.7 Å². The second kappa shape index (κ2) is 10.6. The van der Waals surface area contributed by atoms with Crippen LogP contribution in [0.5, 0.6) is 5.75 Å². The van der Waals surface area contributed by atoms with Crippen LogP contribution in [-0.2, 0) is 16.8 Å². The van der Waals surface area contributed by atoms with Crippen molar-refractivity contribution in [2.75, 3.05) is 27.2 Å². The first-order valence-corrected chi connectivity index (χ1v) is 11.5. The van der Waals surface area contributed by atoms with E-state index in [0.29, 0.717) is 18.8 Å². The normalized spacial score (nSPS) is 15.1. The molecule has 1 aliphatic rings. The van der Waals surface area contributed by atoms with Gasteiger partial charge in [0.2, 0.25) is 0 Å². The van der Waals surface area contributed by atoms with Crippen LogP contribution in [0.15, 0.2) is 84.9 Å². The Labute approximate surface area is 196 Å². The fraction of sp³-hybridized carbons (Fsp3) is 0.321. The summed E-state index contributed by atoms with van der Waals surface area (Å²) in [5, 5.41) is 3.17. The number of hydrogen-bond acceptors (Lipinski definition) is 4. The first-order chi connectivity index (χ1) is 16.1. The highest BCUT2D eigenvalue weighted by Gasteiger charge is 2.54. The third-order valence-electron chi connectivity index (χ3n) is 6.07. The third-order valence-corrected chi connectivity index (χ3v) is 6.07. The molecule has 0 aromatic heterocycles. The predicted octanol–water partition coefficient (Wildman–Crippen LogP) is 4.63. The summed E-state index contributed by atoms with van der Waals surface area (Å²) in [6.45, 7) is 1.80. The molecule has 0 radical (unpaired) electrons. The average Bonchev–Trinajstić information content (AvgIpc) is 3.65. The van der Waals surface area contributed by atoms with Gasteiger partial charge in [0.05, 0.1) is 6.61 Å². The summed E-state index contributed by atoms with van der Waals surface area (Å²) in [4.78, 5) is 15.1. The fourth-order valence-corrected chi connectivity index (χ4v) is 4.03. The van der Waals surface area contributed by atoms with Crippen LogP contribution in [0.4, 0.5) is 0 Å². The van der Waals surface area contributed by atoms with Crippen molar-refractivity contribution in [1.82, 2.24) is 10.2 Å². The van der Waals surface area contributed by atoms with E-state index in [4.69, 9.17) is 9.47 Å². The van der Waals surface area contributed by atoms with Crippen LogP contribution in [0, 0.1) is 0 Å². The highest BCUT2D eigenvalue weighted by atomic mass is 16.5. The summed E-state index contributed by atoms with van der Waals surface area (Å²) in [6.07, 6.45) is 1.42. The van der Waals surface area contributed by atoms with Gasteiger partial charge >= 0.3 is 0 Å². The number of para-hydroxylation sites is 1. The van der Waals surface area contributed by atoms with E-state index < -0.39 is 6.23 Å². The van der Waals surface area contributed by atoms with Gasteiger partial charge in [0.15, 0.2) is 0 Å². The monoisotopic (exact) mass is 444 g/mol. The van der Waals surface area contributed by atoms with Crippen molar-refractivity contribution in [3.8, 4) is 5.75 Å². The van der Waals surface area contributed by atoms with E-state index in [2.05, 4.69) is 28.4 Å². The van der Waals surface area contributed by atoms with E-state index in [-0.39, 0.29) is 11.3 Å². The van der Waals surface area contributed by atoms with Crippen LogP contribution in [0.25, 0.3) is 0 Å². The van der Waals surface area contributed by atoms with Gasteiger partial charge < -0.3 is 19.7 Å². The van der Waals surface area contributed by atoms with Crippen LogP contribution >= 0.6 is 0 Å². The number of carbonyl (C=O) groups excluding carboxylic acids is 1. The minimum atomic E-state index is -0.438. The molecular weight excluding hydrogens is 412 g/mol. The molecule has 1 unspecified atom stereocenters. The SMILES string of the molecule is CN(C)CCOC(NC(=O)c1ccccc1)C1(c2ccccc2OCc2ccccc2)CC1. The number of nitrogens with zero attached hydrogens (tertiary/aromatic N) is 1. The number of hydrogen-bond donors (Lipinski definition) is 1. The number of likely N-dealkylation sites (N-methyl/N-ethyl adjacent to an activating group) is 1. The highest BCUT2D eigenvalue weighted by molar-refractivity contribution is 5.94. The Kier molecular flexibility index (Phi) is 7.43. The first kappa shape index (κ1) is 23.0. The van der Waals surface area contributed by atoms with Crippen molar-refractivity contribution in [1.29, 1.82) is 0 Å². The number of benzene rings is 3. The van der Waals surface area contributed by atoms with Crippen LogP contribution in [0.2, 0.25) is 0 Å². The zero-order valence-electron chi connectivity index (χ0n) is 19.4. The molecule has 4 rings (SSSR count). The highest BCUT2D eigenvalue weighted by Crippen LogP contribution is 2.54. The Hall–Kier alpha value is -3.15. The van der Waals surface area contributed by atoms with E-state index >= 15 is 0 Å². The topological polar surface area (TPSA) is 50.8 Å². The number of amides is 1. The molecule has 1 aliphatic carbocycles. The van der Waals surface area contributed by atoms with E-state index in [1.54, 1.807) is 0 Å². The van der Waals surface area contributed by atoms with Crippen molar-refractivity contribution in [2.24, 2.45) is 0 Å². The molecule has 1 N–H and O–H groups in total. The van der Waals surface area contributed by atoms with Gasteiger partial charge in [-0.05, 0) is 50.7 Å². The first-order valence-electron chi connectivity index (χ1n) is 11.5. The zero-order chi connectivity index (χ0) is 23.1. The van der Waals surface area contributed by atoms with Crippen LogP contribution < -0.4 is 10.1 Å². The fourth-order valence-electron chi connectivity index (χ4n) is 4.03.